The first-order chi connectivity index (χ1) is 13.9. The molecule has 0 unspecified atom stereocenters. The summed E-state index contributed by atoms with van der Waals surface area (Å²) < 4.78 is 6.81. The zero-order chi connectivity index (χ0) is 21.0. The lowest BCUT2D eigenvalue weighted by molar-refractivity contribution is -0.127. The van der Waals surface area contributed by atoms with E-state index < -0.39 is 0 Å². The van der Waals surface area contributed by atoms with E-state index in [2.05, 4.69) is 34.3 Å². The summed E-state index contributed by atoms with van der Waals surface area (Å²) in [6.07, 6.45) is 3.73. The van der Waals surface area contributed by atoms with E-state index in [1.807, 2.05) is 42.3 Å². The third-order valence-electron chi connectivity index (χ3n) is 5.57. The van der Waals surface area contributed by atoms with E-state index in [4.69, 9.17) is 4.74 Å². The number of likely N-dealkylation sites (tertiary alicyclic amines) is 1. The Bertz CT molecular complexity index is 868. The van der Waals surface area contributed by atoms with E-state index in [1.165, 1.54) is 4.68 Å². The number of rotatable bonds is 6. The van der Waals surface area contributed by atoms with Gasteiger partial charge in [-0.2, -0.15) is 4.68 Å². The van der Waals surface area contributed by atoms with E-state index >= 15 is 0 Å². The summed E-state index contributed by atoms with van der Waals surface area (Å²) in [5.41, 5.74) is 1.28. The average molecular weight is 399 g/mol. The van der Waals surface area contributed by atoms with Crippen molar-refractivity contribution in [3.8, 4) is 5.75 Å². The quantitative estimate of drug-likeness (QED) is 0.695. The molecule has 8 nitrogen and oxygen atoms in total. The molecule has 2 aromatic rings. The number of amides is 1. The van der Waals surface area contributed by atoms with Gasteiger partial charge in [-0.1, -0.05) is 12.1 Å². The van der Waals surface area contributed by atoms with Gasteiger partial charge in [0.1, 0.15) is 11.4 Å². The third kappa shape index (κ3) is 4.82. The molecule has 3 rings (SSSR count). The van der Waals surface area contributed by atoms with Crippen LogP contribution in [-0.2, 0) is 4.79 Å². The Labute approximate surface area is 172 Å². The minimum atomic E-state index is -0.0915. The van der Waals surface area contributed by atoms with E-state index in [0.29, 0.717) is 17.6 Å². The first kappa shape index (κ1) is 21.0. The summed E-state index contributed by atoms with van der Waals surface area (Å²) >= 11 is 0. The van der Waals surface area contributed by atoms with Crippen molar-refractivity contribution >= 4 is 17.7 Å². The maximum atomic E-state index is 13.5. The van der Waals surface area contributed by atoms with Gasteiger partial charge >= 0.3 is 0 Å². The number of carbonyl (C=O) groups is 1. The molecular weight excluding hydrogens is 368 g/mol. The van der Waals surface area contributed by atoms with E-state index in [9.17, 15) is 4.79 Å². The highest BCUT2D eigenvalue weighted by atomic mass is 16.5. The first-order valence-corrected chi connectivity index (χ1v) is 10.0. The van der Waals surface area contributed by atoms with Crippen LogP contribution in [0.25, 0.3) is 11.8 Å². The second-order valence-corrected chi connectivity index (χ2v) is 7.72. The molecule has 1 aliphatic rings. The van der Waals surface area contributed by atoms with E-state index in [-0.39, 0.29) is 11.9 Å². The van der Waals surface area contributed by atoms with Crippen LogP contribution < -0.4 is 4.74 Å². The highest BCUT2D eigenvalue weighted by molar-refractivity contribution is 6.18. The van der Waals surface area contributed by atoms with Crippen molar-refractivity contribution in [2.24, 2.45) is 0 Å². The van der Waals surface area contributed by atoms with E-state index in [1.54, 1.807) is 14.0 Å². The van der Waals surface area contributed by atoms with Gasteiger partial charge < -0.3 is 14.5 Å². The lowest BCUT2D eigenvalue weighted by atomic mass is 10.0. The molecule has 2 heterocycles. The summed E-state index contributed by atoms with van der Waals surface area (Å²) in [5.74, 6) is 1.20. The van der Waals surface area contributed by atoms with Crippen LogP contribution in [0.15, 0.2) is 24.3 Å². The Morgan fingerprint density at radius 3 is 2.62 bits per heavy atom. The molecule has 0 spiro atoms. The van der Waals surface area contributed by atoms with E-state index in [0.717, 1.165) is 37.2 Å². The zero-order valence-electron chi connectivity index (χ0n) is 17.9. The molecule has 29 heavy (non-hydrogen) atoms. The van der Waals surface area contributed by atoms with Crippen molar-refractivity contribution in [1.82, 2.24) is 30.0 Å². The van der Waals surface area contributed by atoms with Crippen molar-refractivity contribution in [3.05, 3.63) is 35.7 Å². The standard InChI is InChI=1S/C21H30N6O2/c1-15(2)26-11-9-18(10-12-26)25(4)21(28)20(27-16(3)22-23-24-27)14-17-7-6-8-19(13-17)29-5/h6-8,13-15,18H,9-12H2,1-5H3/b20-14-. The second-order valence-electron chi connectivity index (χ2n) is 7.72. The molecule has 0 aliphatic carbocycles. The molecule has 1 amide bonds. The van der Waals surface area contributed by atoms with Gasteiger partial charge in [0.05, 0.1) is 7.11 Å². The SMILES string of the molecule is COc1cccc(/C=C(/C(=O)N(C)C2CCN(C(C)C)CC2)n2nnnc2C)c1. The summed E-state index contributed by atoms with van der Waals surface area (Å²) in [4.78, 5) is 17.8. The number of tetrazole rings is 1. The van der Waals surface area contributed by atoms with Gasteiger partial charge in [-0.25, -0.2) is 0 Å². The number of hydrogen-bond acceptors (Lipinski definition) is 6. The summed E-state index contributed by atoms with van der Waals surface area (Å²) in [6, 6.07) is 8.30. The van der Waals surface area contributed by atoms with Gasteiger partial charge in [-0.15, -0.1) is 5.10 Å². The van der Waals surface area contributed by atoms with Crippen LogP contribution in [-0.4, -0.2) is 75.2 Å². The fraction of sp³-hybridized carbons (Fsp3) is 0.524. The lowest BCUT2D eigenvalue weighted by Gasteiger charge is -2.38. The number of ether oxygens (including phenoxy) is 1. The molecule has 1 saturated heterocycles. The van der Waals surface area contributed by atoms with Gasteiger partial charge in [-0.05, 0) is 67.8 Å². The first-order valence-electron chi connectivity index (χ1n) is 10.0. The van der Waals surface area contributed by atoms with Gasteiger partial charge in [0.25, 0.3) is 5.91 Å². The normalized spacial score (nSPS) is 16.3. The molecule has 0 atom stereocenters. The Morgan fingerprint density at radius 1 is 1.31 bits per heavy atom. The fourth-order valence-corrected chi connectivity index (χ4v) is 3.69. The molecule has 0 N–H and O–H groups in total. The smallest absolute Gasteiger partial charge is 0.272 e. The Kier molecular flexibility index (Phi) is 6.64. The number of aromatic nitrogens is 4. The molecule has 1 aromatic heterocycles. The molecule has 0 bridgehead atoms. The van der Waals surface area contributed by atoms with Gasteiger partial charge in [0, 0.05) is 32.2 Å². The minimum absolute atomic E-state index is 0.0915. The fourth-order valence-electron chi connectivity index (χ4n) is 3.69. The molecule has 1 aromatic carbocycles. The van der Waals surface area contributed by atoms with Gasteiger partial charge in [0.15, 0.2) is 5.82 Å². The number of hydrogen-bond donors (Lipinski definition) is 0. The van der Waals surface area contributed by atoms with Crippen LogP contribution in [0.5, 0.6) is 5.75 Å². The topological polar surface area (TPSA) is 76.4 Å². The number of piperidine rings is 1. The second kappa shape index (κ2) is 9.17. The molecule has 0 saturated carbocycles. The van der Waals surface area contributed by atoms with Crippen LogP contribution in [0.2, 0.25) is 0 Å². The third-order valence-corrected chi connectivity index (χ3v) is 5.57. The predicted octanol–water partition coefficient (Wildman–Crippen LogP) is 2.32. The molecule has 156 valence electrons. The largest absolute Gasteiger partial charge is 0.497 e. The lowest BCUT2D eigenvalue weighted by Crippen LogP contribution is -2.47. The number of carbonyl (C=O) groups excluding carboxylic acids is 1. The molecule has 1 fully saturated rings. The molecule has 0 radical (unpaired) electrons. The maximum absolute atomic E-state index is 13.5. The Balaban J connectivity index is 1.87. The van der Waals surface area contributed by atoms with Crippen molar-refractivity contribution in [1.29, 1.82) is 0 Å². The molecular formula is C21H30N6O2. The van der Waals surface area contributed by atoms with Crippen molar-refractivity contribution in [2.45, 2.75) is 45.7 Å². The van der Waals surface area contributed by atoms with Gasteiger partial charge in [0.2, 0.25) is 0 Å². The number of likely N-dealkylation sites (N-methyl/N-ethyl adjacent to an activating group) is 1. The zero-order valence-corrected chi connectivity index (χ0v) is 17.9. The van der Waals surface area contributed by atoms with Crippen molar-refractivity contribution in [3.63, 3.8) is 0 Å². The Hall–Kier alpha value is -2.74. The van der Waals surface area contributed by atoms with Crippen molar-refractivity contribution < 1.29 is 9.53 Å². The van der Waals surface area contributed by atoms with Crippen LogP contribution >= 0.6 is 0 Å². The van der Waals surface area contributed by atoms with Crippen LogP contribution in [0.4, 0.5) is 0 Å². The monoisotopic (exact) mass is 398 g/mol. The number of methoxy groups -OCH3 is 1. The number of aryl methyl sites for hydroxylation is 1. The summed E-state index contributed by atoms with van der Waals surface area (Å²) in [5, 5.41) is 11.7. The molecule has 1 aliphatic heterocycles. The minimum Gasteiger partial charge on any atom is -0.497 e. The summed E-state index contributed by atoms with van der Waals surface area (Å²) in [7, 11) is 3.49. The van der Waals surface area contributed by atoms with Gasteiger partial charge in [-0.3, -0.25) is 4.79 Å². The van der Waals surface area contributed by atoms with Crippen molar-refractivity contribution in [2.75, 3.05) is 27.2 Å². The highest BCUT2D eigenvalue weighted by Gasteiger charge is 2.29. The average Bonchev–Trinajstić information content (AvgIpc) is 3.16. The number of nitrogens with zero attached hydrogens (tertiary/aromatic N) is 6. The number of benzene rings is 1. The maximum Gasteiger partial charge on any atom is 0.272 e. The molecule has 8 heteroatoms. The Morgan fingerprint density at radius 2 is 2.03 bits per heavy atom. The highest BCUT2D eigenvalue weighted by Crippen LogP contribution is 2.22. The van der Waals surface area contributed by atoms with Crippen LogP contribution in [0.3, 0.4) is 0 Å². The van der Waals surface area contributed by atoms with Crippen LogP contribution in [0, 0.1) is 6.92 Å². The van der Waals surface area contributed by atoms with Crippen LogP contribution in [0.1, 0.15) is 38.1 Å². The predicted molar refractivity (Wildman–Crippen MR) is 112 cm³/mol. The summed E-state index contributed by atoms with van der Waals surface area (Å²) in [6.45, 7) is 8.21.